The van der Waals surface area contributed by atoms with Gasteiger partial charge in [-0.3, -0.25) is 14.3 Å². The molecule has 3 saturated heterocycles. The molecule has 7 heteroatoms. The summed E-state index contributed by atoms with van der Waals surface area (Å²) in [6.45, 7) is 3.39. The van der Waals surface area contributed by atoms with Gasteiger partial charge in [0.05, 0.1) is 23.3 Å². The van der Waals surface area contributed by atoms with E-state index in [1.165, 1.54) is 0 Å². The number of amides is 2. The Morgan fingerprint density at radius 2 is 1.93 bits per heavy atom. The van der Waals surface area contributed by atoms with Crippen LogP contribution >= 0.6 is 0 Å². The Hall–Kier alpha value is -2.67. The van der Waals surface area contributed by atoms with E-state index >= 15 is 0 Å². The summed E-state index contributed by atoms with van der Waals surface area (Å²) in [5.41, 5.74) is 1.47. The molecule has 0 N–H and O–H groups in total. The van der Waals surface area contributed by atoms with E-state index in [1.54, 1.807) is 6.20 Å². The number of likely N-dealkylation sites (tertiary alicyclic amines) is 1. The SMILES string of the molecule is O=C1CCCN1c1cnn(C2CCN(C(=O)C3(c4ccccc4)CCOCC3)C2)c1. The molecule has 1 unspecified atom stereocenters. The lowest BCUT2D eigenvalue weighted by molar-refractivity contribution is -0.140. The molecule has 30 heavy (non-hydrogen) atoms. The molecule has 1 atom stereocenters. The third kappa shape index (κ3) is 3.31. The summed E-state index contributed by atoms with van der Waals surface area (Å²) in [4.78, 5) is 29.6. The maximum Gasteiger partial charge on any atom is 0.233 e. The average Bonchev–Trinajstić information content (AvgIpc) is 3.54. The summed E-state index contributed by atoms with van der Waals surface area (Å²) in [5.74, 6) is 0.378. The zero-order chi connectivity index (χ0) is 20.6. The second kappa shape index (κ2) is 7.87. The van der Waals surface area contributed by atoms with Crippen molar-refractivity contribution in [1.29, 1.82) is 0 Å². The van der Waals surface area contributed by atoms with Crippen molar-refractivity contribution in [3.63, 3.8) is 0 Å². The lowest BCUT2D eigenvalue weighted by Crippen LogP contribution is -2.49. The van der Waals surface area contributed by atoms with Crippen molar-refractivity contribution in [2.75, 3.05) is 37.7 Å². The minimum atomic E-state index is -0.494. The van der Waals surface area contributed by atoms with E-state index in [0.717, 1.165) is 50.0 Å². The van der Waals surface area contributed by atoms with E-state index in [4.69, 9.17) is 4.74 Å². The molecule has 0 aliphatic carbocycles. The molecule has 4 heterocycles. The lowest BCUT2D eigenvalue weighted by atomic mass is 9.73. The van der Waals surface area contributed by atoms with Gasteiger partial charge in [-0.05, 0) is 31.2 Å². The van der Waals surface area contributed by atoms with Crippen LogP contribution in [0.25, 0.3) is 0 Å². The van der Waals surface area contributed by atoms with Crippen molar-refractivity contribution in [3.05, 3.63) is 48.3 Å². The Labute approximate surface area is 176 Å². The summed E-state index contributed by atoms with van der Waals surface area (Å²) in [6, 6.07) is 10.3. The second-order valence-corrected chi connectivity index (χ2v) is 8.58. The first-order chi connectivity index (χ1) is 14.7. The van der Waals surface area contributed by atoms with Gasteiger partial charge in [0.2, 0.25) is 11.8 Å². The Bertz CT molecular complexity index is 920. The van der Waals surface area contributed by atoms with Crippen molar-refractivity contribution in [2.45, 2.75) is 43.6 Å². The van der Waals surface area contributed by atoms with Crippen molar-refractivity contribution in [1.82, 2.24) is 14.7 Å². The molecular weight excluding hydrogens is 380 g/mol. The molecule has 0 saturated carbocycles. The quantitative estimate of drug-likeness (QED) is 0.780. The minimum absolute atomic E-state index is 0.146. The molecule has 3 aliphatic rings. The number of anilines is 1. The molecule has 3 aliphatic heterocycles. The van der Waals surface area contributed by atoms with E-state index in [2.05, 4.69) is 17.2 Å². The molecule has 0 bridgehead atoms. The van der Waals surface area contributed by atoms with E-state index in [0.29, 0.717) is 26.2 Å². The van der Waals surface area contributed by atoms with Gasteiger partial charge in [0.1, 0.15) is 0 Å². The topological polar surface area (TPSA) is 67.7 Å². The van der Waals surface area contributed by atoms with Gasteiger partial charge in [0, 0.05) is 45.5 Å². The number of benzene rings is 1. The van der Waals surface area contributed by atoms with Crippen LogP contribution in [0.4, 0.5) is 5.69 Å². The van der Waals surface area contributed by atoms with Gasteiger partial charge < -0.3 is 14.5 Å². The van der Waals surface area contributed by atoms with Gasteiger partial charge in [-0.2, -0.15) is 5.10 Å². The van der Waals surface area contributed by atoms with Crippen LogP contribution in [0.15, 0.2) is 42.7 Å². The fourth-order valence-electron chi connectivity index (χ4n) is 5.14. The molecule has 1 aromatic heterocycles. The maximum absolute atomic E-state index is 13.7. The van der Waals surface area contributed by atoms with Crippen molar-refractivity contribution >= 4 is 17.5 Å². The largest absolute Gasteiger partial charge is 0.381 e. The van der Waals surface area contributed by atoms with Gasteiger partial charge in [0.25, 0.3) is 0 Å². The van der Waals surface area contributed by atoms with Crippen LogP contribution in [0.2, 0.25) is 0 Å². The summed E-state index contributed by atoms with van der Waals surface area (Å²) >= 11 is 0. The Balaban J connectivity index is 1.33. The monoisotopic (exact) mass is 408 g/mol. The highest BCUT2D eigenvalue weighted by atomic mass is 16.5. The summed E-state index contributed by atoms with van der Waals surface area (Å²) in [7, 11) is 0. The average molecular weight is 409 g/mol. The Kier molecular flexibility index (Phi) is 5.06. The smallest absolute Gasteiger partial charge is 0.233 e. The molecule has 1 aromatic carbocycles. The van der Waals surface area contributed by atoms with Crippen molar-refractivity contribution in [2.24, 2.45) is 0 Å². The first-order valence-corrected chi connectivity index (χ1v) is 10.9. The first-order valence-electron chi connectivity index (χ1n) is 10.9. The zero-order valence-corrected chi connectivity index (χ0v) is 17.2. The van der Waals surface area contributed by atoms with Gasteiger partial charge in [-0.25, -0.2) is 0 Å². The predicted molar refractivity (Wildman–Crippen MR) is 112 cm³/mol. The number of ether oxygens (including phenoxy) is 1. The number of carbonyl (C=O) groups excluding carboxylic acids is 2. The molecule has 2 amide bonds. The van der Waals surface area contributed by atoms with Crippen molar-refractivity contribution in [3.8, 4) is 0 Å². The molecule has 158 valence electrons. The normalized spacial score (nSPS) is 23.9. The highest BCUT2D eigenvalue weighted by molar-refractivity contribution is 5.95. The van der Waals surface area contributed by atoms with Gasteiger partial charge in [-0.1, -0.05) is 30.3 Å². The molecule has 3 fully saturated rings. The summed E-state index contributed by atoms with van der Waals surface area (Å²) < 4.78 is 7.53. The zero-order valence-electron chi connectivity index (χ0n) is 17.2. The van der Waals surface area contributed by atoms with Gasteiger partial charge in [0.15, 0.2) is 0 Å². The highest BCUT2D eigenvalue weighted by Crippen LogP contribution is 2.38. The molecule has 2 aromatic rings. The van der Waals surface area contributed by atoms with E-state index in [-0.39, 0.29) is 17.9 Å². The number of hydrogen-bond acceptors (Lipinski definition) is 4. The fraction of sp³-hybridized carbons (Fsp3) is 0.522. The maximum atomic E-state index is 13.7. The van der Waals surface area contributed by atoms with E-state index < -0.39 is 5.41 Å². The third-order valence-electron chi connectivity index (χ3n) is 6.88. The van der Waals surface area contributed by atoms with Crippen molar-refractivity contribution < 1.29 is 14.3 Å². The van der Waals surface area contributed by atoms with Crippen LogP contribution in [-0.4, -0.2) is 59.3 Å². The fourth-order valence-corrected chi connectivity index (χ4v) is 5.14. The lowest BCUT2D eigenvalue weighted by Gasteiger charge is -2.39. The van der Waals surface area contributed by atoms with Crippen LogP contribution in [0, 0.1) is 0 Å². The summed E-state index contributed by atoms with van der Waals surface area (Å²) in [6.07, 6.45) is 7.58. The van der Waals surface area contributed by atoms with Crippen LogP contribution in [0.1, 0.15) is 43.7 Å². The van der Waals surface area contributed by atoms with Crippen LogP contribution in [-0.2, 0) is 19.7 Å². The highest BCUT2D eigenvalue weighted by Gasteiger charge is 2.45. The Morgan fingerprint density at radius 1 is 1.13 bits per heavy atom. The minimum Gasteiger partial charge on any atom is -0.381 e. The molecule has 5 rings (SSSR count). The second-order valence-electron chi connectivity index (χ2n) is 8.58. The Morgan fingerprint density at radius 3 is 2.67 bits per heavy atom. The number of carbonyl (C=O) groups is 2. The van der Waals surface area contributed by atoms with E-state index in [9.17, 15) is 9.59 Å². The number of aromatic nitrogens is 2. The molecule has 0 spiro atoms. The van der Waals surface area contributed by atoms with E-state index in [1.807, 2.05) is 38.9 Å². The van der Waals surface area contributed by atoms with Gasteiger partial charge in [-0.15, -0.1) is 0 Å². The van der Waals surface area contributed by atoms with Crippen LogP contribution < -0.4 is 4.90 Å². The van der Waals surface area contributed by atoms with Gasteiger partial charge >= 0.3 is 0 Å². The number of nitrogens with zero attached hydrogens (tertiary/aromatic N) is 4. The molecular formula is C23H28N4O3. The molecule has 0 radical (unpaired) electrons. The number of rotatable bonds is 4. The predicted octanol–water partition coefficient (Wildman–Crippen LogP) is 2.53. The third-order valence-corrected chi connectivity index (χ3v) is 6.88. The standard InChI is InChI=1S/C23H28N4O3/c28-21-7-4-11-26(21)20-15-24-27(17-20)19-8-12-25(16-19)22(29)23(9-13-30-14-10-23)18-5-2-1-3-6-18/h1-3,5-6,15,17,19H,4,7-14,16H2. The summed E-state index contributed by atoms with van der Waals surface area (Å²) in [5, 5.41) is 4.52. The first kappa shape index (κ1) is 19.3. The molecule has 7 nitrogen and oxygen atoms in total. The van der Waals surface area contributed by atoms with Crippen LogP contribution in [0.3, 0.4) is 0 Å². The van der Waals surface area contributed by atoms with Crippen LogP contribution in [0.5, 0.6) is 0 Å². The number of hydrogen-bond donors (Lipinski definition) is 0.